The van der Waals surface area contributed by atoms with Crippen molar-refractivity contribution in [2.24, 2.45) is 0 Å². The van der Waals surface area contributed by atoms with Crippen LogP contribution in [0.25, 0.3) is 22.4 Å². The SMILES string of the molecule is CCSc1nc2ncc3c(=O)n(-c4ccccc4[N+](=O)[O-])ccc3n2n1. The summed E-state index contributed by atoms with van der Waals surface area (Å²) < 4.78 is 2.76. The number of hydrogen-bond acceptors (Lipinski definition) is 7. The number of benzene rings is 1. The van der Waals surface area contributed by atoms with E-state index in [4.69, 9.17) is 0 Å². The first-order valence-corrected chi connectivity index (χ1v) is 8.72. The molecule has 0 bridgehead atoms. The number of hydrogen-bond donors (Lipinski definition) is 0. The summed E-state index contributed by atoms with van der Waals surface area (Å²) in [6, 6.07) is 7.77. The molecular weight excluding hydrogens is 356 g/mol. The van der Waals surface area contributed by atoms with Gasteiger partial charge in [-0.15, -0.1) is 5.10 Å². The van der Waals surface area contributed by atoms with Crippen molar-refractivity contribution in [2.75, 3.05) is 5.75 Å². The van der Waals surface area contributed by atoms with Gasteiger partial charge in [-0.3, -0.25) is 19.5 Å². The van der Waals surface area contributed by atoms with Gasteiger partial charge in [0, 0.05) is 18.5 Å². The van der Waals surface area contributed by atoms with Crippen LogP contribution in [0.1, 0.15) is 6.92 Å². The zero-order valence-corrected chi connectivity index (χ0v) is 14.4. The van der Waals surface area contributed by atoms with Gasteiger partial charge in [-0.2, -0.15) is 9.50 Å². The van der Waals surface area contributed by atoms with E-state index in [0.29, 0.717) is 21.8 Å². The van der Waals surface area contributed by atoms with Crippen LogP contribution in [0.4, 0.5) is 5.69 Å². The Balaban J connectivity index is 1.98. The fourth-order valence-electron chi connectivity index (χ4n) is 2.70. The predicted molar refractivity (Wildman–Crippen MR) is 96.9 cm³/mol. The Bertz CT molecular complexity index is 1220. The number of nitro groups is 1. The molecular formula is C16H12N6O3S. The minimum Gasteiger partial charge on any atom is -0.277 e. The molecule has 4 rings (SSSR count). The maximum atomic E-state index is 12.9. The van der Waals surface area contributed by atoms with Crippen molar-refractivity contribution >= 4 is 34.1 Å². The van der Waals surface area contributed by atoms with Gasteiger partial charge in [0.2, 0.25) is 5.16 Å². The van der Waals surface area contributed by atoms with Crippen molar-refractivity contribution < 1.29 is 4.92 Å². The van der Waals surface area contributed by atoms with Gasteiger partial charge in [-0.05, 0) is 17.9 Å². The molecule has 0 radical (unpaired) electrons. The lowest BCUT2D eigenvalue weighted by Crippen LogP contribution is -2.19. The summed E-state index contributed by atoms with van der Waals surface area (Å²) in [5.74, 6) is 1.22. The second-order valence-electron chi connectivity index (χ2n) is 5.33. The van der Waals surface area contributed by atoms with Crippen LogP contribution in [0.15, 0.2) is 52.7 Å². The number of nitrogens with zero attached hydrogens (tertiary/aromatic N) is 6. The number of rotatable bonds is 4. The number of thioether (sulfide) groups is 1. The van der Waals surface area contributed by atoms with Crippen molar-refractivity contribution in [3.05, 3.63) is 63.2 Å². The summed E-state index contributed by atoms with van der Waals surface area (Å²) in [7, 11) is 0. The third kappa shape index (κ3) is 2.51. The number of fused-ring (bicyclic) bond motifs is 3. The van der Waals surface area contributed by atoms with Gasteiger partial charge in [0.15, 0.2) is 0 Å². The van der Waals surface area contributed by atoms with E-state index >= 15 is 0 Å². The largest absolute Gasteiger partial charge is 0.293 e. The lowest BCUT2D eigenvalue weighted by atomic mass is 10.2. The van der Waals surface area contributed by atoms with Crippen molar-refractivity contribution in [1.82, 2.24) is 24.1 Å². The first-order chi connectivity index (χ1) is 12.6. The number of pyridine rings is 1. The molecule has 1 aromatic carbocycles. The molecule has 10 heteroatoms. The molecule has 9 nitrogen and oxygen atoms in total. The molecule has 3 heterocycles. The van der Waals surface area contributed by atoms with Gasteiger partial charge in [-0.25, -0.2) is 4.98 Å². The molecule has 0 unspecified atom stereocenters. The van der Waals surface area contributed by atoms with Crippen molar-refractivity contribution in [2.45, 2.75) is 12.1 Å². The van der Waals surface area contributed by atoms with Crippen LogP contribution < -0.4 is 5.56 Å². The molecule has 0 saturated carbocycles. The molecule has 0 saturated heterocycles. The van der Waals surface area contributed by atoms with Crippen molar-refractivity contribution in [3.8, 4) is 5.69 Å². The highest BCUT2D eigenvalue weighted by molar-refractivity contribution is 7.99. The molecule has 0 fully saturated rings. The van der Waals surface area contributed by atoms with Crippen LogP contribution in [0, 0.1) is 10.1 Å². The van der Waals surface area contributed by atoms with E-state index in [-0.39, 0.29) is 11.4 Å². The van der Waals surface area contributed by atoms with Crippen LogP contribution in [0.5, 0.6) is 0 Å². The monoisotopic (exact) mass is 368 g/mol. The molecule has 4 aromatic rings. The Kier molecular flexibility index (Phi) is 3.88. The number of para-hydroxylation sites is 2. The minimum atomic E-state index is -0.515. The topological polar surface area (TPSA) is 108 Å². The van der Waals surface area contributed by atoms with Gasteiger partial charge in [0.1, 0.15) is 5.69 Å². The summed E-state index contributed by atoms with van der Waals surface area (Å²) in [6.45, 7) is 1.99. The second-order valence-corrected chi connectivity index (χ2v) is 6.56. The van der Waals surface area contributed by atoms with Gasteiger partial charge in [0.05, 0.1) is 15.8 Å². The molecule has 0 amide bonds. The molecule has 0 aliphatic rings. The van der Waals surface area contributed by atoms with Gasteiger partial charge in [-0.1, -0.05) is 30.8 Å². The van der Waals surface area contributed by atoms with Crippen LogP contribution in [0.2, 0.25) is 0 Å². The molecule has 3 aromatic heterocycles. The van der Waals surface area contributed by atoms with Crippen LogP contribution in [-0.4, -0.2) is 34.8 Å². The fourth-order valence-corrected chi connectivity index (χ4v) is 3.25. The summed E-state index contributed by atoms with van der Waals surface area (Å²) in [5, 5.41) is 16.5. The number of aromatic nitrogens is 5. The van der Waals surface area contributed by atoms with Gasteiger partial charge < -0.3 is 0 Å². The lowest BCUT2D eigenvalue weighted by molar-refractivity contribution is -0.384. The molecule has 26 heavy (non-hydrogen) atoms. The van der Waals surface area contributed by atoms with E-state index in [2.05, 4.69) is 15.1 Å². The van der Waals surface area contributed by atoms with Crippen molar-refractivity contribution in [1.29, 1.82) is 0 Å². The maximum absolute atomic E-state index is 12.9. The average Bonchev–Trinajstić information content (AvgIpc) is 3.05. The maximum Gasteiger partial charge on any atom is 0.293 e. The molecule has 0 N–H and O–H groups in total. The minimum absolute atomic E-state index is 0.148. The second kappa shape index (κ2) is 6.23. The van der Waals surface area contributed by atoms with Crippen LogP contribution in [-0.2, 0) is 0 Å². The van der Waals surface area contributed by atoms with E-state index in [9.17, 15) is 14.9 Å². The zero-order valence-electron chi connectivity index (χ0n) is 13.6. The molecule has 0 spiro atoms. The summed E-state index contributed by atoms with van der Waals surface area (Å²) in [5.41, 5.74) is 0.187. The van der Waals surface area contributed by atoms with E-state index in [1.165, 1.54) is 45.4 Å². The Morgan fingerprint density at radius 3 is 2.85 bits per heavy atom. The third-order valence-corrected chi connectivity index (χ3v) is 4.55. The summed E-state index contributed by atoms with van der Waals surface area (Å²) >= 11 is 1.48. The van der Waals surface area contributed by atoms with E-state index in [1.807, 2.05) is 6.92 Å². The Labute approximate surface area is 150 Å². The van der Waals surface area contributed by atoms with Gasteiger partial charge in [0.25, 0.3) is 17.0 Å². The standard InChI is InChI=1S/C16H12N6O3S/c1-2-26-16-18-15-17-9-10-11(21(15)19-16)7-8-20(14(10)23)12-5-3-4-6-13(12)22(24)25/h3-9H,2H2,1H3. The highest BCUT2D eigenvalue weighted by Gasteiger charge is 2.17. The quantitative estimate of drug-likeness (QED) is 0.309. The number of nitro benzene ring substituents is 1. The normalized spacial score (nSPS) is 11.3. The molecule has 130 valence electrons. The Morgan fingerprint density at radius 1 is 1.27 bits per heavy atom. The first-order valence-electron chi connectivity index (χ1n) is 7.74. The Morgan fingerprint density at radius 2 is 2.08 bits per heavy atom. The lowest BCUT2D eigenvalue weighted by Gasteiger charge is -2.08. The molecule has 0 aliphatic carbocycles. The predicted octanol–water partition coefficient (Wildman–Crippen LogP) is 2.45. The van der Waals surface area contributed by atoms with E-state index < -0.39 is 10.5 Å². The molecule has 0 aliphatic heterocycles. The smallest absolute Gasteiger partial charge is 0.277 e. The van der Waals surface area contributed by atoms with Gasteiger partial charge >= 0.3 is 0 Å². The summed E-state index contributed by atoms with van der Waals surface area (Å²) in [4.78, 5) is 32.2. The fraction of sp³-hybridized carbons (Fsp3) is 0.125. The first kappa shape index (κ1) is 16.2. The zero-order chi connectivity index (χ0) is 18.3. The highest BCUT2D eigenvalue weighted by Crippen LogP contribution is 2.22. The average molecular weight is 368 g/mol. The van der Waals surface area contributed by atoms with Crippen molar-refractivity contribution in [3.63, 3.8) is 0 Å². The summed E-state index contributed by atoms with van der Waals surface area (Å²) in [6.07, 6.45) is 2.92. The van der Waals surface area contributed by atoms with E-state index in [0.717, 1.165) is 5.75 Å². The van der Waals surface area contributed by atoms with Crippen LogP contribution >= 0.6 is 11.8 Å². The van der Waals surface area contributed by atoms with E-state index in [1.54, 1.807) is 18.2 Å². The Hall–Kier alpha value is -3.27. The molecule has 0 atom stereocenters. The highest BCUT2D eigenvalue weighted by atomic mass is 32.2. The third-order valence-electron chi connectivity index (χ3n) is 3.83. The van der Waals surface area contributed by atoms with Crippen LogP contribution in [0.3, 0.4) is 0 Å².